The van der Waals surface area contributed by atoms with Crippen LogP contribution < -0.4 is 10.2 Å². The van der Waals surface area contributed by atoms with Crippen LogP contribution in [0, 0.1) is 19.7 Å². The molecule has 0 saturated heterocycles. The summed E-state index contributed by atoms with van der Waals surface area (Å²) in [6.07, 6.45) is -0.357. The Hall–Kier alpha value is -2.77. The first-order valence-corrected chi connectivity index (χ1v) is 10.5. The van der Waals surface area contributed by atoms with Crippen LogP contribution in [0.5, 0.6) is 0 Å². The first-order chi connectivity index (χ1) is 13.5. The van der Waals surface area contributed by atoms with Crippen molar-refractivity contribution in [3.63, 3.8) is 0 Å². The molecule has 0 aliphatic carbocycles. The van der Waals surface area contributed by atoms with E-state index in [4.69, 9.17) is 0 Å². The fraction of sp³-hybridized carbons (Fsp3) is 0.143. The zero-order chi connectivity index (χ0) is 19.4. The van der Waals surface area contributed by atoms with Gasteiger partial charge in [0.1, 0.15) is 21.7 Å². The summed E-state index contributed by atoms with van der Waals surface area (Å²) in [5.74, 6) is -0.425. The third-order valence-electron chi connectivity index (χ3n) is 4.86. The van der Waals surface area contributed by atoms with Gasteiger partial charge in [0.15, 0.2) is 0 Å². The zero-order valence-corrected chi connectivity index (χ0v) is 16.8. The number of nitrogens with zero attached hydrogens (tertiary/aromatic N) is 2. The van der Waals surface area contributed by atoms with Gasteiger partial charge in [0, 0.05) is 21.6 Å². The number of pyridine rings is 1. The molecule has 1 amide bonds. The fourth-order valence-electron chi connectivity index (χ4n) is 3.67. The number of carbonyl (C=O) groups excluding carboxylic acids is 1. The van der Waals surface area contributed by atoms with Gasteiger partial charge >= 0.3 is 0 Å². The fourth-order valence-corrected chi connectivity index (χ4v) is 5.63. The number of rotatable bonds is 2. The van der Waals surface area contributed by atoms with Crippen molar-refractivity contribution in [1.82, 2.24) is 4.98 Å². The topological polar surface area (TPSA) is 45.2 Å². The van der Waals surface area contributed by atoms with E-state index in [2.05, 4.69) is 10.3 Å². The molecule has 7 heteroatoms. The van der Waals surface area contributed by atoms with Crippen molar-refractivity contribution in [3.8, 4) is 0 Å². The number of hydrogen-bond acceptors (Lipinski definition) is 5. The van der Waals surface area contributed by atoms with Gasteiger partial charge in [-0.2, -0.15) is 0 Å². The van der Waals surface area contributed by atoms with Crippen molar-refractivity contribution in [2.24, 2.45) is 0 Å². The molecule has 4 aromatic rings. The molecule has 4 nitrogen and oxygen atoms in total. The Balaban J connectivity index is 1.73. The molecule has 0 fully saturated rings. The minimum atomic E-state index is -0.357. The van der Waals surface area contributed by atoms with Crippen LogP contribution in [0.25, 0.3) is 10.2 Å². The number of aryl methyl sites for hydroxylation is 2. The third kappa shape index (κ3) is 2.62. The molecule has 4 heterocycles. The van der Waals surface area contributed by atoms with Crippen molar-refractivity contribution < 1.29 is 9.18 Å². The second-order valence-corrected chi connectivity index (χ2v) is 8.76. The maximum atomic E-state index is 13.6. The van der Waals surface area contributed by atoms with Crippen LogP contribution in [-0.4, -0.2) is 10.9 Å². The number of halogens is 1. The van der Waals surface area contributed by atoms with Crippen molar-refractivity contribution in [2.75, 3.05) is 10.2 Å². The minimum absolute atomic E-state index is 0.0983. The highest BCUT2D eigenvalue weighted by atomic mass is 32.1. The number of thiophene rings is 2. The largest absolute Gasteiger partial charge is 0.359 e. The number of amides is 1. The van der Waals surface area contributed by atoms with Gasteiger partial charge in [0.05, 0.1) is 5.69 Å². The maximum Gasteiger partial charge on any atom is 0.272 e. The predicted molar refractivity (Wildman–Crippen MR) is 113 cm³/mol. The van der Waals surface area contributed by atoms with Gasteiger partial charge in [-0.25, -0.2) is 9.37 Å². The van der Waals surface area contributed by atoms with Gasteiger partial charge in [-0.3, -0.25) is 9.69 Å². The van der Waals surface area contributed by atoms with Crippen LogP contribution in [0.2, 0.25) is 0 Å². The normalized spacial score (nSPS) is 16.3. The van der Waals surface area contributed by atoms with Gasteiger partial charge in [-0.15, -0.1) is 22.7 Å². The lowest BCUT2D eigenvalue weighted by Gasteiger charge is -2.36. The van der Waals surface area contributed by atoms with Crippen LogP contribution >= 0.6 is 22.7 Å². The summed E-state index contributed by atoms with van der Waals surface area (Å²) in [5, 5.41) is 6.56. The molecule has 1 atom stereocenters. The molecule has 5 rings (SSSR count). The van der Waals surface area contributed by atoms with Crippen molar-refractivity contribution in [3.05, 3.63) is 74.7 Å². The summed E-state index contributed by atoms with van der Waals surface area (Å²) in [6, 6.07) is 12.0. The lowest BCUT2D eigenvalue weighted by atomic mass is 10.1. The second kappa shape index (κ2) is 6.39. The number of anilines is 2. The van der Waals surface area contributed by atoms with E-state index in [-0.39, 0.29) is 17.9 Å². The number of fused-ring (bicyclic) bond motifs is 3. The first-order valence-electron chi connectivity index (χ1n) is 8.83. The van der Waals surface area contributed by atoms with E-state index in [9.17, 15) is 9.18 Å². The molecule has 1 N–H and O–H groups in total. The molecule has 1 aliphatic heterocycles. The molecule has 3 aromatic heterocycles. The number of carbonyl (C=O) groups is 1. The summed E-state index contributed by atoms with van der Waals surface area (Å²) in [6.45, 7) is 4.00. The van der Waals surface area contributed by atoms with Gasteiger partial charge in [0.2, 0.25) is 0 Å². The van der Waals surface area contributed by atoms with Gasteiger partial charge in [-0.05, 0) is 61.2 Å². The molecule has 0 saturated carbocycles. The highest BCUT2D eigenvalue weighted by molar-refractivity contribution is 7.21. The number of aromatic nitrogens is 1. The molecule has 0 unspecified atom stereocenters. The minimum Gasteiger partial charge on any atom is -0.359 e. The zero-order valence-electron chi connectivity index (χ0n) is 15.2. The Labute approximate surface area is 169 Å². The molecule has 140 valence electrons. The quantitative estimate of drug-likeness (QED) is 0.449. The van der Waals surface area contributed by atoms with Crippen LogP contribution in [-0.2, 0) is 0 Å². The van der Waals surface area contributed by atoms with E-state index in [1.807, 2.05) is 37.4 Å². The summed E-state index contributed by atoms with van der Waals surface area (Å²) in [5.41, 5.74) is 3.52. The van der Waals surface area contributed by atoms with Crippen LogP contribution in [0.3, 0.4) is 0 Å². The monoisotopic (exact) mass is 409 g/mol. The summed E-state index contributed by atoms with van der Waals surface area (Å²) in [7, 11) is 0. The Morgan fingerprint density at radius 2 is 1.96 bits per heavy atom. The number of hydrogen-bond donors (Lipinski definition) is 1. The highest BCUT2D eigenvalue weighted by Gasteiger charge is 2.37. The summed E-state index contributed by atoms with van der Waals surface area (Å²) < 4.78 is 13.5. The van der Waals surface area contributed by atoms with Crippen LogP contribution in [0.1, 0.15) is 32.0 Å². The summed E-state index contributed by atoms with van der Waals surface area (Å²) >= 11 is 2.98. The molecule has 0 bridgehead atoms. The highest BCUT2D eigenvalue weighted by Crippen LogP contribution is 2.45. The van der Waals surface area contributed by atoms with E-state index < -0.39 is 0 Å². The SMILES string of the molecule is Cc1cc(C)c2c3c(sc2n1)C(=O)N(c1ccc(F)cc1)[C@H](c1cccs1)N3. The van der Waals surface area contributed by atoms with Gasteiger partial charge < -0.3 is 5.32 Å². The average Bonchev–Trinajstić information content (AvgIpc) is 3.30. The van der Waals surface area contributed by atoms with Crippen molar-refractivity contribution in [2.45, 2.75) is 20.0 Å². The van der Waals surface area contributed by atoms with E-state index in [1.165, 1.54) is 23.5 Å². The standard InChI is InChI=1S/C21H16FN3OS2/c1-11-10-12(2)23-20-16(11)17-18(28-20)21(26)25(14-7-5-13(22)6-8-14)19(24-17)15-4-3-9-27-15/h3-10,19,24H,1-2H3/t19-/m1/s1. The van der Waals surface area contributed by atoms with E-state index in [0.717, 1.165) is 32.0 Å². The Morgan fingerprint density at radius 3 is 2.68 bits per heavy atom. The molecule has 1 aromatic carbocycles. The second-order valence-electron chi connectivity index (χ2n) is 6.78. The number of benzene rings is 1. The number of nitrogens with one attached hydrogen (secondary N) is 1. The molecular weight excluding hydrogens is 393 g/mol. The molecule has 0 radical (unpaired) electrons. The molecule has 0 spiro atoms. The molecule has 1 aliphatic rings. The van der Waals surface area contributed by atoms with E-state index >= 15 is 0 Å². The first kappa shape index (κ1) is 17.3. The smallest absolute Gasteiger partial charge is 0.272 e. The van der Waals surface area contributed by atoms with Gasteiger partial charge in [0.25, 0.3) is 5.91 Å². The third-order valence-corrected chi connectivity index (χ3v) is 6.85. The lowest BCUT2D eigenvalue weighted by Crippen LogP contribution is -2.42. The maximum absolute atomic E-state index is 13.6. The van der Waals surface area contributed by atoms with Gasteiger partial charge in [-0.1, -0.05) is 6.07 Å². The Kier molecular flexibility index (Phi) is 3.96. The van der Waals surface area contributed by atoms with Crippen LogP contribution in [0.15, 0.2) is 47.8 Å². The molecule has 28 heavy (non-hydrogen) atoms. The Bertz CT molecular complexity index is 1200. The van der Waals surface area contributed by atoms with Crippen molar-refractivity contribution in [1.29, 1.82) is 0 Å². The lowest BCUT2D eigenvalue weighted by molar-refractivity contribution is 0.0979. The predicted octanol–water partition coefficient (Wildman–Crippen LogP) is 5.88. The average molecular weight is 410 g/mol. The van der Waals surface area contributed by atoms with E-state index in [0.29, 0.717) is 10.6 Å². The Morgan fingerprint density at radius 1 is 1.18 bits per heavy atom. The van der Waals surface area contributed by atoms with Crippen molar-refractivity contribution >= 4 is 50.2 Å². The summed E-state index contributed by atoms with van der Waals surface area (Å²) in [4.78, 5) is 22.4. The molecular formula is C21H16FN3OS2. The van der Waals surface area contributed by atoms with Crippen LogP contribution in [0.4, 0.5) is 15.8 Å². The van der Waals surface area contributed by atoms with E-state index in [1.54, 1.807) is 28.4 Å².